The van der Waals surface area contributed by atoms with Crippen LogP contribution in [0.15, 0.2) is 24.3 Å². The van der Waals surface area contributed by atoms with Gasteiger partial charge in [-0.3, -0.25) is 0 Å². The fourth-order valence-electron chi connectivity index (χ4n) is 1.69. The third kappa shape index (κ3) is 4.53. The van der Waals surface area contributed by atoms with Gasteiger partial charge in [0.2, 0.25) is 0 Å². The first-order chi connectivity index (χ1) is 8.49. The average molecular weight is 277 g/mol. The Hall–Kier alpha value is -0.680. The van der Waals surface area contributed by atoms with Crippen LogP contribution >= 0.6 is 11.8 Å². The van der Waals surface area contributed by atoms with Crippen molar-refractivity contribution in [3.8, 4) is 0 Å². The second kappa shape index (κ2) is 7.04. The van der Waals surface area contributed by atoms with Crippen LogP contribution in [-0.4, -0.2) is 18.1 Å². The lowest BCUT2D eigenvalue weighted by Crippen LogP contribution is -2.23. The normalized spacial score (nSPS) is 13.6. The van der Waals surface area contributed by atoms with Gasteiger partial charge in [-0.15, -0.1) is 0 Å². The summed E-state index contributed by atoms with van der Waals surface area (Å²) in [5.74, 6) is 1.74. The molecule has 0 aromatic heterocycles. The topological polar surface area (TPSA) is 12.0 Å². The lowest BCUT2D eigenvalue weighted by Gasteiger charge is -2.19. The van der Waals surface area contributed by atoms with E-state index in [0.29, 0.717) is 5.56 Å². The summed E-state index contributed by atoms with van der Waals surface area (Å²) >= 11 is 1.72. The molecule has 0 saturated carbocycles. The van der Waals surface area contributed by atoms with Crippen LogP contribution in [0.25, 0.3) is 0 Å². The number of alkyl halides is 3. The van der Waals surface area contributed by atoms with Crippen LogP contribution < -0.4 is 5.32 Å². The molecule has 0 radical (unpaired) electrons. The van der Waals surface area contributed by atoms with Crippen LogP contribution in [0.2, 0.25) is 0 Å². The third-order valence-corrected chi connectivity index (χ3v) is 3.53. The van der Waals surface area contributed by atoms with E-state index in [-0.39, 0.29) is 6.04 Å². The second-order valence-electron chi connectivity index (χ2n) is 3.89. The van der Waals surface area contributed by atoms with Gasteiger partial charge in [0.1, 0.15) is 0 Å². The van der Waals surface area contributed by atoms with Crippen LogP contribution in [0.3, 0.4) is 0 Å². The average Bonchev–Trinajstić information content (AvgIpc) is 2.33. The van der Waals surface area contributed by atoms with Crippen molar-refractivity contribution < 1.29 is 13.2 Å². The van der Waals surface area contributed by atoms with Crippen LogP contribution in [0.4, 0.5) is 13.2 Å². The molecule has 0 fully saturated rings. The van der Waals surface area contributed by atoms with Gasteiger partial charge in [0, 0.05) is 11.8 Å². The van der Waals surface area contributed by atoms with Gasteiger partial charge in [-0.1, -0.05) is 26.0 Å². The summed E-state index contributed by atoms with van der Waals surface area (Å²) in [6, 6.07) is 5.54. The van der Waals surface area contributed by atoms with Crippen LogP contribution in [0.1, 0.15) is 31.0 Å². The van der Waals surface area contributed by atoms with E-state index in [4.69, 9.17) is 0 Å². The Morgan fingerprint density at radius 2 is 2.00 bits per heavy atom. The van der Waals surface area contributed by atoms with Crippen molar-refractivity contribution in [1.29, 1.82) is 0 Å². The SMILES string of the molecule is CCNC(CSCC)c1cccc(C(F)(F)F)c1. The van der Waals surface area contributed by atoms with Crippen molar-refractivity contribution in [3.05, 3.63) is 35.4 Å². The first-order valence-electron chi connectivity index (χ1n) is 5.97. The van der Waals surface area contributed by atoms with Crippen LogP contribution in [0, 0.1) is 0 Å². The molecule has 0 aliphatic rings. The maximum Gasteiger partial charge on any atom is 0.416 e. The third-order valence-electron chi connectivity index (χ3n) is 2.56. The standard InChI is InChI=1S/C13H18F3NS/c1-3-17-12(9-18-4-2)10-6-5-7-11(8-10)13(14,15)16/h5-8,12,17H,3-4,9H2,1-2H3. The van der Waals surface area contributed by atoms with E-state index in [1.807, 2.05) is 13.8 Å². The molecule has 1 nitrogen and oxygen atoms in total. The quantitative estimate of drug-likeness (QED) is 0.840. The molecular weight excluding hydrogens is 259 g/mol. The maximum atomic E-state index is 12.6. The summed E-state index contributed by atoms with van der Waals surface area (Å²) in [5, 5.41) is 3.22. The van der Waals surface area contributed by atoms with E-state index in [2.05, 4.69) is 5.32 Å². The monoisotopic (exact) mass is 277 g/mol. The van der Waals surface area contributed by atoms with E-state index in [0.717, 1.165) is 24.1 Å². The molecule has 102 valence electrons. The molecule has 0 amide bonds. The zero-order valence-corrected chi connectivity index (χ0v) is 11.4. The van der Waals surface area contributed by atoms with Gasteiger partial charge < -0.3 is 5.32 Å². The Bertz CT molecular complexity index is 365. The minimum absolute atomic E-state index is 0.0257. The largest absolute Gasteiger partial charge is 0.416 e. The lowest BCUT2D eigenvalue weighted by atomic mass is 10.0. The zero-order valence-electron chi connectivity index (χ0n) is 10.6. The van der Waals surface area contributed by atoms with E-state index in [1.54, 1.807) is 17.8 Å². The molecule has 18 heavy (non-hydrogen) atoms. The Morgan fingerprint density at radius 3 is 2.56 bits per heavy atom. The van der Waals surface area contributed by atoms with Crippen molar-refractivity contribution >= 4 is 11.8 Å². The fourth-order valence-corrected chi connectivity index (χ4v) is 2.47. The van der Waals surface area contributed by atoms with Crippen molar-refractivity contribution in [2.75, 3.05) is 18.1 Å². The summed E-state index contributed by atoms with van der Waals surface area (Å²) in [6.45, 7) is 4.74. The van der Waals surface area contributed by atoms with Crippen LogP contribution in [0.5, 0.6) is 0 Å². The fraction of sp³-hybridized carbons (Fsp3) is 0.538. The molecule has 0 heterocycles. The highest BCUT2D eigenvalue weighted by atomic mass is 32.2. The van der Waals surface area contributed by atoms with Gasteiger partial charge in [-0.2, -0.15) is 24.9 Å². The predicted octanol–water partition coefficient (Wildman–Crippen LogP) is 4.11. The summed E-state index contributed by atoms with van der Waals surface area (Å²) in [6.07, 6.45) is -4.27. The van der Waals surface area contributed by atoms with Gasteiger partial charge in [-0.25, -0.2) is 0 Å². The molecule has 0 spiro atoms. The minimum atomic E-state index is -4.27. The highest BCUT2D eigenvalue weighted by Crippen LogP contribution is 2.31. The summed E-state index contributed by atoms with van der Waals surface area (Å²) in [4.78, 5) is 0. The number of halogens is 3. The van der Waals surface area contributed by atoms with E-state index in [9.17, 15) is 13.2 Å². The lowest BCUT2D eigenvalue weighted by molar-refractivity contribution is -0.137. The van der Waals surface area contributed by atoms with Gasteiger partial charge in [0.15, 0.2) is 0 Å². The van der Waals surface area contributed by atoms with Crippen molar-refractivity contribution in [2.24, 2.45) is 0 Å². The van der Waals surface area contributed by atoms with E-state index < -0.39 is 11.7 Å². The van der Waals surface area contributed by atoms with Gasteiger partial charge >= 0.3 is 6.18 Å². The van der Waals surface area contributed by atoms with Crippen molar-refractivity contribution in [3.63, 3.8) is 0 Å². The highest BCUT2D eigenvalue weighted by Gasteiger charge is 2.30. The summed E-state index contributed by atoms with van der Waals surface area (Å²) in [5.41, 5.74) is 0.122. The smallest absolute Gasteiger partial charge is 0.310 e. The van der Waals surface area contributed by atoms with E-state index in [1.165, 1.54) is 12.1 Å². The number of nitrogens with one attached hydrogen (secondary N) is 1. The molecular formula is C13H18F3NS. The molecule has 1 rings (SSSR count). The molecule has 1 N–H and O–H groups in total. The Labute approximate surface area is 110 Å². The Morgan fingerprint density at radius 1 is 1.28 bits per heavy atom. The first-order valence-corrected chi connectivity index (χ1v) is 7.12. The molecule has 0 aliphatic heterocycles. The highest BCUT2D eigenvalue weighted by molar-refractivity contribution is 7.99. The number of rotatable bonds is 6. The Balaban J connectivity index is 2.90. The molecule has 1 aromatic carbocycles. The number of thioether (sulfide) groups is 1. The molecule has 5 heteroatoms. The van der Waals surface area contributed by atoms with Gasteiger partial charge in [-0.05, 0) is 30.0 Å². The molecule has 1 unspecified atom stereocenters. The number of hydrogen-bond donors (Lipinski definition) is 1. The Kier molecular flexibility index (Phi) is 6.02. The van der Waals surface area contributed by atoms with Crippen molar-refractivity contribution in [2.45, 2.75) is 26.1 Å². The molecule has 1 aromatic rings. The summed E-state index contributed by atoms with van der Waals surface area (Å²) in [7, 11) is 0. The summed E-state index contributed by atoms with van der Waals surface area (Å²) < 4.78 is 37.9. The second-order valence-corrected chi connectivity index (χ2v) is 5.21. The zero-order chi connectivity index (χ0) is 13.6. The first kappa shape index (κ1) is 15.4. The molecule has 0 saturated heterocycles. The van der Waals surface area contributed by atoms with Crippen molar-refractivity contribution in [1.82, 2.24) is 5.32 Å². The molecule has 0 bridgehead atoms. The predicted molar refractivity (Wildman–Crippen MR) is 70.9 cm³/mol. The minimum Gasteiger partial charge on any atom is -0.310 e. The van der Waals surface area contributed by atoms with Gasteiger partial charge in [0.05, 0.1) is 5.56 Å². The van der Waals surface area contributed by atoms with Gasteiger partial charge in [0.25, 0.3) is 0 Å². The number of hydrogen-bond acceptors (Lipinski definition) is 2. The molecule has 0 aliphatic carbocycles. The van der Waals surface area contributed by atoms with Crippen LogP contribution in [-0.2, 0) is 6.18 Å². The molecule has 1 atom stereocenters. The number of benzene rings is 1. The van der Waals surface area contributed by atoms with E-state index >= 15 is 0 Å². The maximum absolute atomic E-state index is 12.6.